The van der Waals surface area contributed by atoms with E-state index in [9.17, 15) is 4.79 Å². The van der Waals surface area contributed by atoms with Gasteiger partial charge in [0.05, 0.1) is 15.9 Å². The highest BCUT2D eigenvalue weighted by Crippen LogP contribution is 2.25. The fourth-order valence-corrected chi connectivity index (χ4v) is 1.65. The number of nitrogens with two attached hydrogens (primary N) is 1. The molecule has 72 valence electrons. The van der Waals surface area contributed by atoms with E-state index in [-0.39, 0.29) is 11.5 Å². The summed E-state index contributed by atoms with van der Waals surface area (Å²) in [7, 11) is 0. The van der Waals surface area contributed by atoms with Crippen molar-refractivity contribution in [2.24, 2.45) is 0 Å². The van der Waals surface area contributed by atoms with E-state index in [1.165, 1.54) is 0 Å². The highest BCUT2D eigenvalue weighted by Gasteiger charge is 2.05. The molecular formula is C8H5BrClN3O. The monoisotopic (exact) mass is 273 g/mol. The number of aromatic nitrogens is 2. The lowest BCUT2D eigenvalue weighted by Crippen LogP contribution is -2.11. The average Bonchev–Trinajstić information content (AvgIpc) is 2.08. The molecule has 6 heteroatoms. The minimum Gasteiger partial charge on any atom is -0.369 e. The van der Waals surface area contributed by atoms with Crippen LogP contribution >= 0.6 is 27.5 Å². The first-order valence-corrected chi connectivity index (χ1v) is 4.89. The Labute approximate surface area is 92.2 Å². The maximum absolute atomic E-state index is 11.4. The van der Waals surface area contributed by atoms with E-state index in [0.29, 0.717) is 20.4 Å². The molecule has 1 aromatic heterocycles. The first kappa shape index (κ1) is 9.48. The van der Waals surface area contributed by atoms with Gasteiger partial charge in [-0.1, -0.05) is 11.6 Å². The Hall–Kier alpha value is -1.07. The van der Waals surface area contributed by atoms with Gasteiger partial charge in [-0.15, -0.1) is 0 Å². The number of hydrogen-bond donors (Lipinski definition) is 2. The van der Waals surface area contributed by atoms with Gasteiger partial charge in [0, 0.05) is 4.47 Å². The van der Waals surface area contributed by atoms with Gasteiger partial charge in [0.2, 0.25) is 5.95 Å². The lowest BCUT2D eigenvalue weighted by molar-refractivity contribution is 1.19. The zero-order chi connectivity index (χ0) is 10.3. The lowest BCUT2D eigenvalue weighted by atomic mass is 10.2. The molecule has 0 aliphatic rings. The van der Waals surface area contributed by atoms with Crippen molar-refractivity contribution in [2.45, 2.75) is 0 Å². The van der Waals surface area contributed by atoms with E-state index in [4.69, 9.17) is 17.3 Å². The molecule has 0 unspecified atom stereocenters. The number of anilines is 1. The topological polar surface area (TPSA) is 71.8 Å². The Kier molecular flexibility index (Phi) is 2.20. The molecular weight excluding hydrogens is 269 g/mol. The van der Waals surface area contributed by atoms with Crippen molar-refractivity contribution in [3.63, 3.8) is 0 Å². The molecule has 4 nitrogen and oxygen atoms in total. The number of hydrogen-bond acceptors (Lipinski definition) is 3. The van der Waals surface area contributed by atoms with Crippen molar-refractivity contribution in [3.05, 3.63) is 32.0 Å². The van der Waals surface area contributed by atoms with Crippen molar-refractivity contribution >= 4 is 44.4 Å². The molecule has 14 heavy (non-hydrogen) atoms. The molecule has 0 fully saturated rings. The number of rotatable bonds is 0. The predicted octanol–water partition coefficient (Wildman–Crippen LogP) is 1.92. The Morgan fingerprint density at radius 2 is 2.21 bits per heavy atom. The summed E-state index contributed by atoms with van der Waals surface area (Å²) < 4.78 is 0.684. The molecule has 0 radical (unpaired) electrons. The zero-order valence-electron chi connectivity index (χ0n) is 6.84. The van der Waals surface area contributed by atoms with Gasteiger partial charge >= 0.3 is 0 Å². The predicted molar refractivity (Wildman–Crippen MR) is 59.5 cm³/mol. The Morgan fingerprint density at radius 3 is 2.93 bits per heavy atom. The van der Waals surface area contributed by atoms with Crippen molar-refractivity contribution in [3.8, 4) is 0 Å². The van der Waals surface area contributed by atoms with E-state index in [1.807, 2.05) is 0 Å². The van der Waals surface area contributed by atoms with Crippen LogP contribution in [0.4, 0.5) is 5.95 Å². The number of benzene rings is 1. The van der Waals surface area contributed by atoms with Gasteiger partial charge in [-0.2, -0.15) is 0 Å². The van der Waals surface area contributed by atoms with Crippen LogP contribution in [-0.2, 0) is 0 Å². The van der Waals surface area contributed by atoms with Crippen LogP contribution in [0, 0.1) is 0 Å². The molecule has 0 aliphatic heterocycles. The van der Waals surface area contributed by atoms with Gasteiger partial charge in [0.25, 0.3) is 5.56 Å². The minimum absolute atomic E-state index is 0.0942. The van der Waals surface area contributed by atoms with Gasteiger partial charge in [0.1, 0.15) is 0 Å². The second-order valence-electron chi connectivity index (χ2n) is 2.73. The maximum Gasteiger partial charge on any atom is 0.260 e. The van der Waals surface area contributed by atoms with Gasteiger partial charge in [-0.05, 0) is 28.1 Å². The van der Waals surface area contributed by atoms with Crippen molar-refractivity contribution < 1.29 is 0 Å². The second-order valence-corrected chi connectivity index (χ2v) is 4.00. The largest absolute Gasteiger partial charge is 0.369 e. The molecule has 0 bridgehead atoms. The minimum atomic E-state index is -0.290. The molecule has 1 aromatic carbocycles. The van der Waals surface area contributed by atoms with Crippen molar-refractivity contribution in [1.82, 2.24) is 9.97 Å². The summed E-state index contributed by atoms with van der Waals surface area (Å²) in [6.45, 7) is 0. The summed E-state index contributed by atoms with van der Waals surface area (Å²) in [6.07, 6.45) is 0. The number of halogens is 2. The second kappa shape index (κ2) is 3.25. The summed E-state index contributed by atoms with van der Waals surface area (Å²) in [4.78, 5) is 17.8. The maximum atomic E-state index is 11.4. The smallest absolute Gasteiger partial charge is 0.260 e. The van der Waals surface area contributed by atoms with E-state index in [1.54, 1.807) is 12.1 Å². The highest BCUT2D eigenvalue weighted by atomic mass is 79.9. The quantitative estimate of drug-likeness (QED) is 0.771. The number of nitrogen functional groups attached to an aromatic ring is 1. The molecule has 0 atom stereocenters. The van der Waals surface area contributed by atoms with Crippen LogP contribution in [0.25, 0.3) is 10.9 Å². The van der Waals surface area contributed by atoms with Crippen LogP contribution in [0.2, 0.25) is 5.02 Å². The summed E-state index contributed by atoms with van der Waals surface area (Å²) >= 11 is 9.08. The van der Waals surface area contributed by atoms with Gasteiger partial charge in [-0.3, -0.25) is 9.78 Å². The third-order valence-corrected chi connectivity index (χ3v) is 2.96. The number of nitrogens with one attached hydrogen (secondary N) is 1. The Balaban J connectivity index is 2.96. The summed E-state index contributed by atoms with van der Waals surface area (Å²) in [5, 5.41) is 0.891. The van der Waals surface area contributed by atoms with Gasteiger partial charge in [-0.25, -0.2) is 4.98 Å². The van der Waals surface area contributed by atoms with Crippen LogP contribution < -0.4 is 11.3 Å². The molecule has 2 aromatic rings. The summed E-state index contributed by atoms with van der Waals surface area (Å²) in [6, 6.07) is 3.20. The van der Waals surface area contributed by atoms with E-state index >= 15 is 0 Å². The fraction of sp³-hybridized carbons (Fsp3) is 0. The zero-order valence-corrected chi connectivity index (χ0v) is 9.19. The van der Waals surface area contributed by atoms with Crippen molar-refractivity contribution in [2.75, 3.05) is 5.73 Å². The number of H-pyrrole nitrogens is 1. The molecule has 0 aliphatic carbocycles. The molecule has 0 amide bonds. The van der Waals surface area contributed by atoms with Crippen LogP contribution in [0.5, 0.6) is 0 Å². The van der Waals surface area contributed by atoms with E-state index in [0.717, 1.165) is 0 Å². The van der Waals surface area contributed by atoms with Crippen LogP contribution in [0.15, 0.2) is 21.4 Å². The fourth-order valence-electron chi connectivity index (χ4n) is 1.15. The number of nitrogens with zero attached hydrogens (tertiary/aromatic N) is 1. The SMILES string of the molecule is Nc1nc2cc(Br)c(Cl)cc2c(=O)[nH]1. The standard InChI is InChI=1S/C8H5BrClN3O/c9-4-2-6-3(1-5(4)10)7(14)13-8(11)12-6/h1-2H,(H3,11,12,13,14). The van der Waals surface area contributed by atoms with E-state index < -0.39 is 0 Å². The number of aromatic amines is 1. The normalized spacial score (nSPS) is 10.7. The first-order valence-electron chi connectivity index (χ1n) is 3.72. The van der Waals surface area contributed by atoms with Gasteiger partial charge in [0.15, 0.2) is 0 Å². The molecule has 0 spiro atoms. The molecule has 3 N–H and O–H groups in total. The third kappa shape index (κ3) is 1.49. The summed E-state index contributed by atoms with van der Waals surface area (Å²) in [5.41, 5.74) is 5.62. The first-order chi connectivity index (χ1) is 6.58. The molecule has 0 saturated heterocycles. The van der Waals surface area contributed by atoms with Crippen molar-refractivity contribution in [1.29, 1.82) is 0 Å². The molecule has 0 saturated carbocycles. The highest BCUT2D eigenvalue weighted by molar-refractivity contribution is 9.10. The Morgan fingerprint density at radius 1 is 1.50 bits per heavy atom. The van der Waals surface area contributed by atoms with Gasteiger partial charge < -0.3 is 5.73 Å². The summed E-state index contributed by atoms with van der Waals surface area (Å²) in [5.74, 6) is 0.0942. The van der Waals surface area contributed by atoms with Crippen LogP contribution in [0.1, 0.15) is 0 Å². The number of fused-ring (bicyclic) bond motifs is 1. The Bertz CT molecular complexity index is 566. The average molecular weight is 275 g/mol. The molecule has 2 rings (SSSR count). The van der Waals surface area contributed by atoms with E-state index in [2.05, 4.69) is 25.9 Å². The van der Waals surface area contributed by atoms with Crippen LogP contribution in [0.3, 0.4) is 0 Å². The van der Waals surface area contributed by atoms with Crippen LogP contribution in [-0.4, -0.2) is 9.97 Å². The lowest BCUT2D eigenvalue weighted by Gasteiger charge is -2.00. The molecule has 1 heterocycles. The third-order valence-electron chi connectivity index (χ3n) is 1.77.